The molecule has 1 aliphatic carbocycles. The van der Waals surface area contributed by atoms with Gasteiger partial charge in [0.2, 0.25) is 5.91 Å². The van der Waals surface area contributed by atoms with Crippen molar-refractivity contribution in [3.8, 4) is 16.9 Å². The standard InChI is InChI=1S/C50H64BN5O8Si/c1-30(2)45(46(57)49(60)63-29-42-39-18-14-12-16-37(39)38-17-13-15-19-40(38)42)52-47(58)32(4)54-55-35-22-20-33(21-23-35)34-25-36(28-64-65(10,11)50(5,6)7)56(27-34)48(59)41-26-44(62-9)31(3)24-43(41)53-51(8)61/h12-24,26-27,30,32,36,42,45,53-55,61H,25,28-29H2,1-11H3,(H,52,58)/t32-,36-,45?/m0/s1. The van der Waals surface area contributed by atoms with Crippen LogP contribution < -0.4 is 26.1 Å². The Balaban J connectivity index is 1.09. The van der Waals surface area contributed by atoms with Gasteiger partial charge in [-0.1, -0.05) is 95.3 Å². The topological polar surface area (TPSA) is 168 Å². The van der Waals surface area contributed by atoms with Gasteiger partial charge in [-0.05, 0) is 114 Å². The van der Waals surface area contributed by atoms with Crippen LogP contribution in [0.1, 0.15) is 86.5 Å². The Bertz CT molecular complexity index is 2390. The number of fused-ring (bicyclic) bond motifs is 3. The number of carbonyl (C=O) groups is 4. The van der Waals surface area contributed by atoms with E-state index in [1.807, 2.05) is 85.9 Å². The van der Waals surface area contributed by atoms with Crippen LogP contribution >= 0.6 is 0 Å². The van der Waals surface area contributed by atoms with E-state index in [-0.39, 0.29) is 35.4 Å². The van der Waals surface area contributed by atoms with Crippen LogP contribution in [0.25, 0.3) is 16.7 Å². The molecule has 2 amide bonds. The maximum absolute atomic E-state index is 14.5. The summed E-state index contributed by atoms with van der Waals surface area (Å²) in [6.45, 7) is 20.0. The molecule has 3 atom stereocenters. The number of hydrogen-bond donors (Lipinski definition) is 5. The number of benzene rings is 4. The number of carbonyl (C=O) groups excluding carboxylic acids is 4. The number of ketones is 1. The van der Waals surface area contributed by atoms with Crippen molar-refractivity contribution in [1.29, 1.82) is 0 Å². The van der Waals surface area contributed by atoms with Crippen LogP contribution in [0.2, 0.25) is 25.0 Å². The predicted molar refractivity (Wildman–Crippen MR) is 260 cm³/mol. The zero-order chi connectivity index (χ0) is 47.4. The molecule has 0 saturated heterocycles. The first-order chi connectivity index (χ1) is 30.7. The summed E-state index contributed by atoms with van der Waals surface area (Å²) >= 11 is 0. The number of anilines is 2. The molecule has 1 aliphatic heterocycles. The summed E-state index contributed by atoms with van der Waals surface area (Å²) in [5, 5.41) is 16.0. The fraction of sp³-hybridized carbons (Fsp3) is 0.400. The highest BCUT2D eigenvalue weighted by Crippen LogP contribution is 2.45. The average molecular weight is 902 g/mol. The molecule has 344 valence electrons. The highest BCUT2D eigenvalue weighted by atomic mass is 28.4. The first-order valence-corrected chi connectivity index (χ1v) is 25.2. The van der Waals surface area contributed by atoms with Crippen LogP contribution in [0, 0.1) is 12.8 Å². The van der Waals surface area contributed by atoms with Gasteiger partial charge in [0.25, 0.3) is 11.7 Å². The number of ether oxygens (including phenoxy) is 2. The molecule has 2 aliphatic rings. The number of hydrogen-bond acceptors (Lipinski definition) is 11. The number of methoxy groups -OCH3 is 1. The lowest BCUT2D eigenvalue weighted by atomic mass is 9.87. The second kappa shape index (κ2) is 20.2. The number of rotatable bonds is 18. The summed E-state index contributed by atoms with van der Waals surface area (Å²) in [5.41, 5.74) is 14.5. The largest absolute Gasteiger partial charge is 0.496 e. The zero-order valence-corrected chi connectivity index (χ0v) is 40.5. The Kier molecular flexibility index (Phi) is 15.1. The molecule has 0 radical (unpaired) electrons. The molecule has 4 aromatic carbocycles. The molecule has 5 N–H and O–H groups in total. The molecule has 4 aromatic rings. The molecular weight excluding hydrogens is 837 g/mol. The van der Waals surface area contributed by atoms with E-state index in [0.717, 1.165) is 39.0 Å². The Morgan fingerprint density at radius 1 is 0.908 bits per heavy atom. The Morgan fingerprint density at radius 3 is 2.09 bits per heavy atom. The minimum atomic E-state index is -2.17. The third kappa shape index (κ3) is 11.0. The number of aryl methyl sites for hydroxylation is 1. The molecule has 0 fully saturated rings. The van der Waals surface area contributed by atoms with Gasteiger partial charge in [-0.15, -0.1) is 0 Å². The van der Waals surface area contributed by atoms with E-state index < -0.39 is 45.1 Å². The van der Waals surface area contributed by atoms with E-state index in [0.29, 0.717) is 35.7 Å². The van der Waals surface area contributed by atoms with Crippen molar-refractivity contribution in [3.63, 3.8) is 0 Å². The molecule has 1 heterocycles. The maximum Gasteiger partial charge on any atom is 0.406 e. The van der Waals surface area contributed by atoms with Gasteiger partial charge in [0.1, 0.15) is 24.4 Å². The summed E-state index contributed by atoms with van der Waals surface area (Å²) < 4.78 is 17.9. The van der Waals surface area contributed by atoms with Crippen LogP contribution in [-0.4, -0.2) is 87.3 Å². The van der Waals surface area contributed by atoms with Gasteiger partial charge in [0, 0.05) is 23.5 Å². The first-order valence-electron chi connectivity index (χ1n) is 22.3. The van der Waals surface area contributed by atoms with Crippen molar-refractivity contribution >= 4 is 55.9 Å². The smallest absolute Gasteiger partial charge is 0.406 e. The minimum Gasteiger partial charge on any atom is -0.496 e. The second-order valence-electron chi connectivity index (χ2n) is 19.0. The quantitative estimate of drug-likeness (QED) is 0.0283. The van der Waals surface area contributed by atoms with Crippen molar-refractivity contribution in [3.05, 3.63) is 119 Å². The van der Waals surface area contributed by atoms with Gasteiger partial charge < -0.3 is 39.8 Å². The van der Waals surface area contributed by atoms with Gasteiger partial charge in [0.15, 0.2) is 8.32 Å². The lowest BCUT2D eigenvalue weighted by Gasteiger charge is -2.38. The first kappa shape index (κ1) is 48.7. The number of amides is 2. The van der Waals surface area contributed by atoms with Crippen LogP contribution in [0.4, 0.5) is 11.4 Å². The number of nitrogens with one attached hydrogen (secondary N) is 4. The van der Waals surface area contributed by atoms with Crippen LogP contribution in [0.3, 0.4) is 0 Å². The summed E-state index contributed by atoms with van der Waals surface area (Å²) in [7, 11) is -1.49. The average Bonchev–Trinajstić information content (AvgIpc) is 3.84. The van der Waals surface area contributed by atoms with E-state index in [9.17, 15) is 24.2 Å². The Morgan fingerprint density at radius 2 is 1.52 bits per heavy atom. The van der Waals surface area contributed by atoms with Crippen LogP contribution in [0.5, 0.6) is 5.75 Å². The van der Waals surface area contributed by atoms with Gasteiger partial charge in [-0.2, -0.15) is 0 Å². The van der Waals surface area contributed by atoms with Crippen molar-refractivity contribution in [2.75, 3.05) is 31.0 Å². The highest BCUT2D eigenvalue weighted by molar-refractivity contribution is 6.74. The minimum absolute atomic E-state index is 0.00430. The predicted octanol–water partition coefficient (Wildman–Crippen LogP) is 8.17. The van der Waals surface area contributed by atoms with Crippen molar-refractivity contribution in [2.45, 2.75) is 104 Å². The summed E-state index contributed by atoms with van der Waals surface area (Å²) in [6, 6.07) is 24.9. The van der Waals surface area contributed by atoms with Crippen molar-refractivity contribution in [2.24, 2.45) is 5.92 Å². The summed E-state index contributed by atoms with van der Waals surface area (Å²) in [6.07, 6.45) is 2.43. The SMILES string of the molecule is COc1cc(C(=O)N2C=C(c3ccc(NN[C@@H](C)C(=O)NC(C(=O)C(=O)OCC4c5ccccc5-c5ccccc54)C(C)C)cc3)C[C@H]2CO[Si](C)(C)C(C)(C)C)c(NB(C)O)cc1C. The number of hydrazine groups is 1. The van der Waals surface area contributed by atoms with Crippen molar-refractivity contribution in [1.82, 2.24) is 15.6 Å². The van der Waals surface area contributed by atoms with E-state index >= 15 is 0 Å². The molecule has 0 spiro atoms. The van der Waals surface area contributed by atoms with Gasteiger partial charge in [-0.25, -0.2) is 10.2 Å². The lowest BCUT2D eigenvalue weighted by Crippen LogP contribution is -2.53. The highest BCUT2D eigenvalue weighted by Gasteiger charge is 2.40. The third-order valence-electron chi connectivity index (χ3n) is 12.8. The summed E-state index contributed by atoms with van der Waals surface area (Å²) in [4.78, 5) is 56.3. The summed E-state index contributed by atoms with van der Waals surface area (Å²) in [5.74, 6) is -2.54. The van der Waals surface area contributed by atoms with Gasteiger partial charge >= 0.3 is 13.0 Å². The maximum atomic E-state index is 14.5. The normalized spacial score (nSPS) is 15.7. The molecule has 15 heteroatoms. The number of nitrogens with zero attached hydrogens (tertiary/aromatic N) is 1. The molecule has 1 unspecified atom stereocenters. The lowest BCUT2D eigenvalue weighted by molar-refractivity contribution is -0.155. The van der Waals surface area contributed by atoms with E-state index in [2.05, 4.69) is 55.3 Å². The fourth-order valence-corrected chi connectivity index (χ4v) is 9.00. The Hall–Kier alpha value is -5.74. The van der Waals surface area contributed by atoms with E-state index in [1.54, 1.807) is 51.7 Å². The van der Waals surface area contributed by atoms with Crippen LogP contribution in [0.15, 0.2) is 91.1 Å². The van der Waals surface area contributed by atoms with Crippen molar-refractivity contribution < 1.29 is 38.1 Å². The number of esters is 1. The molecular formula is C50H64BN5O8Si. The molecule has 0 saturated carbocycles. The zero-order valence-electron chi connectivity index (χ0n) is 39.5. The molecule has 6 rings (SSSR count). The molecule has 0 aromatic heterocycles. The molecule has 13 nitrogen and oxygen atoms in total. The van der Waals surface area contributed by atoms with E-state index in [1.165, 1.54) is 0 Å². The van der Waals surface area contributed by atoms with E-state index in [4.69, 9.17) is 13.9 Å². The van der Waals surface area contributed by atoms with Gasteiger partial charge in [0.05, 0.1) is 25.3 Å². The Labute approximate surface area is 384 Å². The molecule has 65 heavy (non-hydrogen) atoms. The molecule has 0 bridgehead atoms. The van der Waals surface area contributed by atoms with Crippen LogP contribution in [-0.2, 0) is 23.5 Å². The van der Waals surface area contributed by atoms with Gasteiger partial charge in [-0.3, -0.25) is 14.4 Å². The fourth-order valence-electron chi connectivity index (χ4n) is 7.96. The number of Topliss-reactive ketones (excluding diaryl/α,β-unsaturated/α-hetero) is 1. The third-order valence-corrected chi connectivity index (χ3v) is 17.3. The monoisotopic (exact) mass is 901 g/mol. The second-order valence-corrected chi connectivity index (χ2v) is 23.8.